The summed E-state index contributed by atoms with van der Waals surface area (Å²) in [6.07, 6.45) is 5.29. The van der Waals surface area contributed by atoms with E-state index in [2.05, 4.69) is 27.2 Å². The van der Waals surface area contributed by atoms with Crippen LogP contribution in [0.5, 0.6) is 0 Å². The summed E-state index contributed by atoms with van der Waals surface area (Å²) in [7, 11) is 1.82. The van der Waals surface area contributed by atoms with Gasteiger partial charge in [0.05, 0.1) is 24.4 Å². The van der Waals surface area contributed by atoms with Crippen LogP contribution < -0.4 is 5.32 Å². The number of nitrogens with zero attached hydrogens (tertiary/aromatic N) is 3. The molecule has 6 nitrogen and oxygen atoms in total. The van der Waals surface area contributed by atoms with E-state index in [-0.39, 0.29) is 12.5 Å². The Morgan fingerprint density at radius 2 is 2.33 bits per heavy atom. The van der Waals surface area contributed by atoms with E-state index >= 15 is 0 Å². The van der Waals surface area contributed by atoms with Crippen LogP contribution >= 0.6 is 0 Å². The minimum atomic E-state index is -0.223. The van der Waals surface area contributed by atoms with Crippen molar-refractivity contribution in [3.8, 4) is 11.8 Å². The quantitative estimate of drug-likeness (QED) is 0.800. The topological polar surface area (TPSA) is 80.0 Å². The zero-order chi connectivity index (χ0) is 15.1. The van der Waals surface area contributed by atoms with E-state index in [1.165, 1.54) is 6.20 Å². The molecular formula is C15H16N4O2. The molecule has 2 aromatic rings. The van der Waals surface area contributed by atoms with Gasteiger partial charge in [0.2, 0.25) is 0 Å². The van der Waals surface area contributed by atoms with Crippen LogP contribution in [-0.2, 0) is 13.6 Å². The predicted molar refractivity (Wildman–Crippen MR) is 77.2 cm³/mol. The van der Waals surface area contributed by atoms with Crippen molar-refractivity contribution in [2.45, 2.75) is 13.0 Å². The zero-order valence-electron chi connectivity index (χ0n) is 11.7. The third kappa shape index (κ3) is 4.44. The molecule has 0 aliphatic carbocycles. The lowest BCUT2D eigenvalue weighted by Crippen LogP contribution is -2.23. The lowest BCUT2D eigenvalue weighted by atomic mass is 10.2. The number of hydrogen-bond donors (Lipinski definition) is 2. The highest BCUT2D eigenvalue weighted by Crippen LogP contribution is 2.02. The van der Waals surface area contributed by atoms with E-state index in [1.807, 2.05) is 19.3 Å². The van der Waals surface area contributed by atoms with Crippen molar-refractivity contribution in [2.24, 2.45) is 7.05 Å². The Morgan fingerprint density at radius 1 is 1.48 bits per heavy atom. The molecule has 0 aliphatic heterocycles. The lowest BCUT2D eigenvalue weighted by molar-refractivity contribution is 0.0950. The summed E-state index contributed by atoms with van der Waals surface area (Å²) in [5.41, 5.74) is 1.88. The number of aryl methyl sites for hydroxylation is 1. The number of aliphatic hydroxyl groups excluding tert-OH is 1. The second kappa shape index (κ2) is 7.22. The van der Waals surface area contributed by atoms with Crippen LogP contribution in [0.1, 0.15) is 28.0 Å². The predicted octanol–water partition coefficient (Wildman–Crippen LogP) is 0.479. The van der Waals surface area contributed by atoms with E-state index in [0.717, 1.165) is 5.69 Å². The van der Waals surface area contributed by atoms with Gasteiger partial charge in [0, 0.05) is 37.6 Å². The fourth-order valence-electron chi connectivity index (χ4n) is 1.68. The summed E-state index contributed by atoms with van der Waals surface area (Å²) in [6, 6.07) is 3.51. The molecule has 2 rings (SSSR count). The summed E-state index contributed by atoms with van der Waals surface area (Å²) in [5, 5.41) is 15.6. The van der Waals surface area contributed by atoms with Gasteiger partial charge >= 0.3 is 0 Å². The number of rotatable bonds is 4. The Kier molecular flexibility index (Phi) is 5.07. The molecule has 0 atom stereocenters. The number of carbonyl (C=O) groups excluding carboxylic acids is 1. The number of hydrogen-bond acceptors (Lipinski definition) is 4. The Morgan fingerprint density at radius 3 is 3.05 bits per heavy atom. The van der Waals surface area contributed by atoms with Crippen molar-refractivity contribution in [3.05, 3.63) is 47.5 Å². The number of pyridine rings is 1. The fraction of sp³-hybridized carbons (Fsp3) is 0.267. The molecule has 0 saturated carbocycles. The van der Waals surface area contributed by atoms with Crippen molar-refractivity contribution in [1.29, 1.82) is 0 Å². The molecule has 2 aromatic heterocycles. The van der Waals surface area contributed by atoms with E-state index < -0.39 is 0 Å². The van der Waals surface area contributed by atoms with Gasteiger partial charge in [-0.3, -0.25) is 14.5 Å². The first kappa shape index (κ1) is 14.8. The van der Waals surface area contributed by atoms with Crippen molar-refractivity contribution < 1.29 is 9.90 Å². The maximum Gasteiger partial charge on any atom is 0.253 e. The van der Waals surface area contributed by atoms with E-state index in [9.17, 15) is 4.79 Å². The summed E-state index contributed by atoms with van der Waals surface area (Å²) >= 11 is 0. The van der Waals surface area contributed by atoms with Crippen LogP contribution in [-0.4, -0.2) is 32.4 Å². The first-order valence-corrected chi connectivity index (χ1v) is 6.50. The van der Waals surface area contributed by atoms with E-state index in [4.69, 9.17) is 5.11 Å². The van der Waals surface area contributed by atoms with Gasteiger partial charge in [-0.25, -0.2) is 0 Å². The fourth-order valence-corrected chi connectivity index (χ4v) is 1.68. The number of carbonyl (C=O) groups is 1. The second-order valence-corrected chi connectivity index (χ2v) is 4.40. The number of amides is 1. The lowest BCUT2D eigenvalue weighted by Gasteiger charge is -2.03. The third-order valence-corrected chi connectivity index (χ3v) is 2.67. The molecule has 1 amide bonds. The highest BCUT2D eigenvalue weighted by atomic mass is 16.2. The highest BCUT2D eigenvalue weighted by Gasteiger charge is 2.07. The van der Waals surface area contributed by atoms with E-state index in [0.29, 0.717) is 24.1 Å². The first-order valence-electron chi connectivity index (χ1n) is 6.50. The standard InChI is InChI=1S/C15H16N4O2/c1-19-6-5-14(18-19)11-17-15(21)13-8-12(9-16-10-13)4-2-3-7-20/h5-6,8-10,20H,3,7,11H2,1H3,(H,17,21). The van der Waals surface area contributed by atoms with Gasteiger partial charge in [-0.1, -0.05) is 11.8 Å². The summed E-state index contributed by atoms with van der Waals surface area (Å²) < 4.78 is 1.68. The van der Waals surface area contributed by atoms with Gasteiger partial charge in [0.1, 0.15) is 0 Å². The largest absolute Gasteiger partial charge is 0.395 e. The molecule has 0 fully saturated rings. The minimum absolute atomic E-state index is 0.0185. The molecule has 0 radical (unpaired) electrons. The van der Waals surface area contributed by atoms with Gasteiger partial charge in [-0.2, -0.15) is 5.10 Å². The Hall–Kier alpha value is -2.65. The molecule has 0 aliphatic rings. The van der Waals surface area contributed by atoms with Crippen LogP contribution in [0.3, 0.4) is 0 Å². The molecule has 108 valence electrons. The summed E-state index contributed by atoms with van der Waals surface area (Å²) in [4.78, 5) is 16.0. The maximum atomic E-state index is 12.0. The average Bonchev–Trinajstić information content (AvgIpc) is 2.91. The molecule has 0 unspecified atom stereocenters. The number of aliphatic hydroxyl groups is 1. The van der Waals surface area contributed by atoms with E-state index in [1.54, 1.807) is 16.9 Å². The van der Waals surface area contributed by atoms with Gasteiger partial charge in [0.25, 0.3) is 5.91 Å². The average molecular weight is 284 g/mol. The first-order chi connectivity index (χ1) is 10.2. The van der Waals surface area contributed by atoms with Gasteiger partial charge in [0.15, 0.2) is 0 Å². The Labute approximate surface area is 122 Å². The monoisotopic (exact) mass is 284 g/mol. The molecule has 0 bridgehead atoms. The molecule has 0 saturated heterocycles. The second-order valence-electron chi connectivity index (χ2n) is 4.40. The molecule has 6 heteroatoms. The Bertz CT molecular complexity index is 682. The van der Waals surface area contributed by atoms with Crippen molar-refractivity contribution >= 4 is 5.91 Å². The highest BCUT2D eigenvalue weighted by molar-refractivity contribution is 5.94. The van der Waals surface area contributed by atoms with Crippen molar-refractivity contribution in [2.75, 3.05) is 6.61 Å². The third-order valence-electron chi connectivity index (χ3n) is 2.67. The van der Waals surface area contributed by atoms with Crippen LogP contribution in [0.15, 0.2) is 30.7 Å². The van der Waals surface area contributed by atoms with Gasteiger partial charge in [-0.15, -0.1) is 0 Å². The van der Waals surface area contributed by atoms with Gasteiger partial charge < -0.3 is 10.4 Å². The zero-order valence-corrected chi connectivity index (χ0v) is 11.7. The molecule has 0 aromatic carbocycles. The maximum absolute atomic E-state index is 12.0. The SMILES string of the molecule is Cn1ccc(CNC(=O)c2cncc(C#CCCO)c2)n1. The summed E-state index contributed by atoms with van der Waals surface area (Å²) in [5.74, 6) is 5.42. The van der Waals surface area contributed by atoms with Crippen LogP contribution in [0, 0.1) is 11.8 Å². The van der Waals surface area contributed by atoms with Crippen molar-refractivity contribution in [3.63, 3.8) is 0 Å². The molecular weight excluding hydrogens is 268 g/mol. The molecule has 2 N–H and O–H groups in total. The molecule has 2 heterocycles. The molecule has 21 heavy (non-hydrogen) atoms. The Balaban J connectivity index is 1.99. The number of aromatic nitrogens is 3. The number of nitrogens with one attached hydrogen (secondary N) is 1. The van der Waals surface area contributed by atoms with Crippen LogP contribution in [0.4, 0.5) is 0 Å². The minimum Gasteiger partial charge on any atom is -0.395 e. The normalized spacial score (nSPS) is 9.81. The summed E-state index contributed by atoms with van der Waals surface area (Å²) in [6.45, 7) is 0.380. The smallest absolute Gasteiger partial charge is 0.253 e. The van der Waals surface area contributed by atoms with Crippen LogP contribution in [0.25, 0.3) is 0 Å². The van der Waals surface area contributed by atoms with Gasteiger partial charge in [-0.05, 0) is 12.1 Å². The van der Waals surface area contributed by atoms with Crippen LogP contribution in [0.2, 0.25) is 0 Å². The molecule has 0 spiro atoms. The van der Waals surface area contributed by atoms with Crippen molar-refractivity contribution in [1.82, 2.24) is 20.1 Å².